The van der Waals surface area contributed by atoms with Crippen LogP contribution in [0.4, 0.5) is 0 Å². The average molecular weight is 359 g/mol. The third-order valence-electron chi connectivity index (χ3n) is 4.13. The predicted octanol–water partition coefficient (Wildman–Crippen LogP) is 5.70. The summed E-state index contributed by atoms with van der Waals surface area (Å²) in [7, 11) is -3.69. The number of rotatable bonds is 13. The zero-order valence-electron chi connectivity index (χ0n) is 14.2. The van der Waals surface area contributed by atoms with Crippen LogP contribution in [0.3, 0.4) is 0 Å². The third kappa shape index (κ3) is 8.77. The van der Waals surface area contributed by atoms with E-state index in [1.54, 1.807) is 12.1 Å². The van der Waals surface area contributed by atoms with Gasteiger partial charge in [0.25, 0.3) is 0 Å². The molecule has 0 bridgehead atoms. The molecule has 0 amide bonds. The lowest BCUT2D eigenvalue weighted by Gasteiger charge is -2.04. The summed E-state index contributed by atoms with van der Waals surface area (Å²) in [5, 5.41) is 0. The lowest BCUT2D eigenvalue weighted by Crippen LogP contribution is -1.99. The summed E-state index contributed by atoms with van der Waals surface area (Å²) >= 11 is 3.37. The fourth-order valence-electron chi connectivity index (χ4n) is 2.68. The first-order valence-corrected chi connectivity index (χ1v) is 10.5. The molecule has 132 valence electrons. The van der Waals surface area contributed by atoms with E-state index in [1.165, 1.54) is 63.4 Å². The van der Waals surface area contributed by atoms with E-state index in [4.69, 9.17) is 0 Å². The number of hydrogen-bond donors (Lipinski definition) is 1. The van der Waals surface area contributed by atoms with Gasteiger partial charge in [-0.3, -0.25) is 0 Å². The van der Waals surface area contributed by atoms with Crippen molar-refractivity contribution in [1.82, 2.24) is 0 Å². The molecule has 0 radical (unpaired) electrons. The smallest absolute Gasteiger partial charge is 0.197 e. The van der Waals surface area contributed by atoms with E-state index in [2.05, 4.69) is 23.5 Å². The van der Waals surface area contributed by atoms with E-state index < -0.39 is 10.1 Å². The minimum Gasteiger partial charge on any atom is -0.197 e. The van der Waals surface area contributed by atoms with Gasteiger partial charge < -0.3 is 0 Å². The minimum atomic E-state index is -3.69. The quantitative estimate of drug-likeness (QED) is 0.279. The topological polar surface area (TPSA) is 43.4 Å². The molecule has 0 spiro atoms. The van der Waals surface area contributed by atoms with Crippen molar-refractivity contribution >= 4 is 23.0 Å². The molecule has 23 heavy (non-hydrogen) atoms. The molecule has 1 aromatic rings. The summed E-state index contributed by atoms with van der Waals surface area (Å²) in [6, 6.07) is 6.87. The van der Waals surface area contributed by atoms with Crippen molar-refractivity contribution in [3.63, 3.8) is 0 Å². The zero-order valence-corrected chi connectivity index (χ0v) is 15.9. The Kier molecular flexibility index (Phi) is 10.6. The Hall–Kier alpha value is -0.520. The van der Waals surface area contributed by atoms with Crippen LogP contribution in [0.5, 0.6) is 0 Å². The second kappa shape index (κ2) is 11.9. The molecule has 0 aliphatic rings. The molecular formula is C18H30O3S2. The normalized spacial score (nSPS) is 11.7. The van der Waals surface area contributed by atoms with E-state index in [9.17, 15) is 8.42 Å². The summed E-state index contributed by atoms with van der Waals surface area (Å²) in [6.07, 6.45) is 14.2. The number of hydrogen-bond acceptors (Lipinski definition) is 4. The Balaban J connectivity index is 2.10. The Morgan fingerprint density at radius 1 is 0.826 bits per heavy atom. The summed E-state index contributed by atoms with van der Waals surface area (Å²) in [6.45, 7) is 2.25. The molecular weight excluding hydrogens is 328 g/mol. The van der Waals surface area contributed by atoms with Gasteiger partial charge in [-0.15, -0.1) is 0 Å². The van der Waals surface area contributed by atoms with E-state index in [1.807, 2.05) is 12.1 Å². The predicted molar refractivity (Wildman–Crippen MR) is 99.2 cm³/mol. The van der Waals surface area contributed by atoms with Gasteiger partial charge in [-0.1, -0.05) is 76.8 Å². The average Bonchev–Trinajstić information content (AvgIpc) is 2.57. The molecule has 0 atom stereocenters. The number of aryl methyl sites for hydroxylation is 1. The number of benzene rings is 1. The lowest BCUT2D eigenvalue weighted by molar-refractivity contribution is 0.521. The van der Waals surface area contributed by atoms with Crippen LogP contribution in [0.25, 0.3) is 0 Å². The molecule has 0 aliphatic heterocycles. The fraction of sp³-hybridized carbons (Fsp3) is 0.667. The molecule has 1 rings (SSSR count). The summed E-state index contributed by atoms with van der Waals surface area (Å²) in [4.78, 5) is 0.152. The highest BCUT2D eigenvalue weighted by atomic mass is 32.3. The highest BCUT2D eigenvalue weighted by molar-refractivity contribution is 7.95. The van der Waals surface area contributed by atoms with Crippen molar-refractivity contribution in [3.05, 3.63) is 29.8 Å². The van der Waals surface area contributed by atoms with Crippen molar-refractivity contribution < 1.29 is 12.0 Å². The number of thiol groups is 1. The Bertz CT molecular complexity index is 510. The van der Waals surface area contributed by atoms with Gasteiger partial charge >= 0.3 is 10.1 Å². The molecule has 0 saturated heterocycles. The Morgan fingerprint density at radius 2 is 1.30 bits per heavy atom. The Morgan fingerprint density at radius 3 is 1.78 bits per heavy atom. The van der Waals surface area contributed by atoms with Gasteiger partial charge in [0.1, 0.15) is 0 Å². The SMILES string of the molecule is CCCCCCCCCCCCc1ccc(S(=O)(=O)OS)cc1. The summed E-state index contributed by atoms with van der Waals surface area (Å²) in [5.41, 5.74) is 1.17. The first-order valence-electron chi connectivity index (χ1n) is 8.77. The fourth-order valence-corrected chi connectivity index (χ4v) is 3.50. The standard InChI is InChI=1S/C18H30O3S2/c1-2-3-4-5-6-7-8-9-10-11-12-17-13-15-18(16-14-17)23(19,20)21-22/h13-16,22H,2-12H2,1H3. The molecule has 0 heterocycles. The van der Waals surface area contributed by atoms with Crippen LogP contribution in [-0.2, 0) is 20.2 Å². The van der Waals surface area contributed by atoms with Crippen molar-refractivity contribution in [3.8, 4) is 0 Å². The Labute approximate surface area is 147 Å². The van der Waals surface area contributed by atoms with Gasteiger partial charge in [0.15, 0.2) is 0 Å². The minimum absolute atomic E-state index is 0.152. The molecule has 0 unspecified atom stereocenters. The monoisotopic (exact) mass is 358 g/mol. The van der Waals surface area contributed by atoms with Crippen LogP contribution >= 0.6 is 12.9 Å². The molecule has 0 aliphatic carbocycles. The molecule has 0 N–H and O–H groups in total. The molecule has 3 nitrogen and oxygen atoms in total. The molecule has 0 aromatic heterocycles. The highest BCUT2D eigenvalue weighted by Crippen LogP contribution is 2.16. The summed E-state index contributed by atoms with van der Waals surface area (Å²) < 4.78 is 27.1. The van der Waals surface area contributed by atoms with Gasteiger partial charge in [0.05, 0.1) is 4.90 Å². The first-order chi connectivity index (χ1) is 11.1. The van der Waals surface area contributed by atoms with Gasteiger partial charge in [0, 0.05) is 0 Å². The second-order valence-electron chi connectivity index (χ2n) is 6.10. The molecule has 5 heteroatoms. The maximum atomic E-state index is 11.5. The van der Waals surface area contributed by atoms with Crippen molar-refractivity contribution in [2.75, 3.05) is 0 Å². The maximum absolute atomic E-state index is 11.5. The first kappa shape index (κ1) is 20.5. The van der Waals surface area contributed by atoms with Gasteiger partial charge in [-0.2, -0.15) is 12.0 Å². The van der Waals surface area contributed by atoms with Crippen LogP contribution in [0.2, 0.25) is 0 Å². The van der Waals surface area contributed by atoms with E-state index in [-0.39, 0.29) is 4.90 Å². The van der Waals surface area contributed by atoms with Gasteiger partial charge in [0.2, 0.25) is 0 Å². The van der Waals surface area contributed by atoms with Crippen LogP contribution < -0.4 is 0 Å². The van der Waals surface area contributed by atoms with E-state index >= 15 is 0 Å². The van der Waals surface area contributed by atoms with Gasteiger partial charge in [-0.05, 0) is 43.4 Å². The van der Waals surface area contributed by atoms with E-state index in [0.717, 1.165) is 12.8 Å². The highest BCUT2D eigenvalue weighted by Gasteiger charge is 2.12. The number of unbranched alkanes of at least 4 members (excludes halogenated alkanes) is 9. The molecule has 0 saturated carbocycles. The zero-order chi connectivity index (χ0) is 17.0. The van der Waals surface area contributed by atoms with Crippen LogP contribution in [-0.4, -0.2) is 8.42 Å². The van der Waals surface area contributed by atoms with Crippen LogP contribution in [0.15, 0.2) is 29.2 Å². The molecule has 1 aromatic carbocycles. The van der Waals surface area contributed by atoms with Crippen LogP contribution in [0.1, 0.15) is 76.7 Å². The maximum Gasteiger partial charge on any atom is 0.307 e. The second-order valence-corrected chi connectivity index (χ2v) is 8.08. The third-order valence-corrected chi connectivity index (χ3v) is 5.76. The van der Waals surface area contributed by atoms with E-state index in [0.29, 0.717) is 0 Å². The van der Waals surface area contributed by atoms with Crippen LogP contribution in [0, 0.1) is 0 Å². The lowest BCUT2D eigenvalue weighted by atomic mass is 10.0. The van der Waals surface area contributed by atoms with Crippen molar-refractivity contribution in [2.45, 2.75) is 82.4 Å². The van der Waals surface area contributed by atoms with Crippen molar-refractivity contribution in [1.29, 1.82) is 0 Å². The van der Waals surface area contributed by atoms with Gasteiger partial charge in [-0.25, -0.2) is 0 Å². The van der Waals surface area contributed by atoms with Crippen molar-refractivity contribution in [2.24, 2.45) is 0 Å². The molecule has 0 fully saturated rings. The summed E-state index contributed by atoms with van der Waals surface area (Å²) in [5.74, 6) is 0. The largest absolute Gasteiger partial charge is 0.307 e.